The van der Waals surface area contributed by atoms with Crippen LogP contribution >= 0.6 is 23.4 Å². The molecule has 4 heterocycles. The van der Waals surface area contributed by atoms with Crippen LogP contribution in [0.15, 0.2) is 39.1 Å². The summed E-state index contributed by atoms with van der Waals surface area (Å²) in [5.41, 5.74) is 11.0. The SMILES string of the molecule is Nc1nc(N2CCC3(CC2)CC(F)(F)C[C@H]3N)cnc1Sc1cccc(NC(=O)c2c(O)nc3n(c2=O)CCCC3)c1Cl. The largest absolute Gasteiger partial charge is 0.493 e. The molecule has 2 fully saturated rings. The molecule has 1 spiro atoms. The Labute approximate surface area is 255 Å². The van der Waals surface area contributed by atoms with Gasteiger partial charge in [-0.25, -0.2) is 18.7 Å². The fraction of sp³-hybridized carbons (Fsp3) is 0.464. The minimum atomic E-state index is -2.72. The fourth-order valence-corrected chi connectivity index (χ4v) is 7.43. The lowest BCUT2D eigenvalue weighted by Crippen LogP contribution is -2.47. The van der Waals surface area contributed by atoms with E-state index in [1.54, 1.807) is 24.4 Å². The number of nitrogens with zero attached hydrogens (tertiary/aromatic N) is 5. The maximum Gasteiger partial charge on any atom is 0.270 e. The molecule has 15 heteroatoms. The van der Waals surface area contributed by atoms with Gasteiger partial charge in [-0.3, -0.25) is 14.2 Å². The Hall–Kier alpha value is -3.49. The number of nitrogens with one attached hydrogen (secondary N) is 1. The second-order valence-corrected chi connectivity index (χ2v) is 12.8. The molecule has 228 valence electrons. The number of halogens is 3. The minimum Gasteiger partial charge on any atom is -0.493 e. The number of carbonyl (C=O) groups is 1. The van der Waals surface area contributed by atoms with E-state index in [0.717, 1.165) is 24.6 Å². The molecule has 0 bridgehead atoms. The van der Waals surface area contributed by atoms with Gasteiger partial charge in [0.05, 0.1) is 16.9 Å². The number of nitrogens with two attached hydrogens (primary N) is 2. The first-order valence-electron chi connectivity index (χ1n) is 14.1. The second kappa shape index (κ2) is 11.2. The monoisotopic (exact) mass is 632 g/mol. The normalized spacial score (nSPS) is 20.7. The molecule has 6 rings (SSSR count). The third-order valence-corrected chi connectivity index (χ3v) is 10.2. The van der Waals surface area contributed by atoms with E-state index in [9.17, 15) is 23.5 Å². The summed E-state index contributed by atoms with van der Waals surface area (Å²) in [6, 6.07) is 4.43. The number of aromatic nitrogens is 4. The fourth-order valence-electron chi connectivity index (χ4n) is 6.33. The van der Waals surface area contributed by atoms with Crippen molar-refractivity contribution in [2.24, 2.45) is 11.1 Å². The molecule has 2 aliphatic heterocycles. The molecule has 3 aliphatic rings. The molecular formula is C28H31ClF2N8O3S. The number of fused-ring (bicyclic) bond motifs is 1. The lowest BCUT2D eigenvalue weighted by Gasteiger charge is -2.42. The Bertz CT molecular complexity index is 1650. The van der Waals surface area contributed by atoms with Crippen molar-refractivity contribution < 1.29 is 18.7 Å². The van der Waals surface area contributed by atoms with Gasteiger partial charge in [-0.05, 0) is 43.2 Å². The third-order valence-electron chi connectivity index (χ3n) is 8.66. The van der Waals surface area contributed by atoms with Crippen LogP contribution in [0.2, 0.25) is 5.02 Å². The summed E-state index contributed by atoms with van der Waals surface area (Å²) in [6.45, 7) is 1.48. The van der Waals surface area contributed by atoms with Crippen LogP contribution in [0.5, 0.6) is 5.88 Å². The third kappa shape index (κ3) is 5.63. The topological polar surface area (TPSA) is 165 Å². The average molecular weight is 633 g/mol. The van der Waals surface area contributed by atoms with Crippen molar-refractivity contribution in [3.63, 3.8) is 0 Å². The van der Waals surface area contributed by atoms with Crippen molar-refractivity contribution in [2.45, 2.75) is 73.4 Å². The minimum absolute atomic E-state index is 0.162. The summed E-state index contributed by atoms with van der Waals surface area (Å²) in [6.07, 6.45) is 4.41. The van der Waals surface area contributed by atoms with Crippen LogP contribution in [0.25, 0.3) is 0 Å². The number of aryl methyl sites for hydroxylation is 1. The summed E-state index contributed by atoms with van der Waals surface area (Å²) < 4.78 is 29.4. The van der Waals surface area contributed by atoms with E-state index >= 15 is 0 Å². The molecule has 11 nitrogen and oxygen atoms in total. The van der Waals surface area contributed by atoms with Crippen molar-refractivity contribution in [1.82, 2.24) is 19.5 Å². The molecule has 1 aromatic carbocycles. The van der Waals surface area contributed by atoms with Crippen molar-refractivity contribution in [3.8, 4) is 5.88 Å². The predicted octanol–water partition coefficient (Wildman–Crippen LogP) is 4.06. The zero-order chi connectivity index (χ0) is 30.5. The van der Waals surface area contributed by atoms with Gasteiger partial charge in [0.1, 0.15) is 16.7 Å². The van der Waals surface area contributed by atoms with Crippen LogP contribution in [0.4, 0.5) is 26.1 Å². The molecular weight excluding hydrogens is 602 g/mol. The highest BCUT2D eigenvalue weighted by molar-refractivity contribution is 7.99. The smallest absolute Gasteiger partial charge is 0.270 e. The van der Waals surface area contributed by atoms with Crippen molar-refractivity contribution in [3.05, 3.63) is 51.2 Å². The summed E-state index contributed by atoms with van der Waals surface area (Å²) >= 11 is 7.77. The van der Waals surface area contributed by atoms with Crippen LogP contribution in [0.1, 0.15) is 54.7 Å². The van der Waals surface area contributed by atoms with Gasteiger partial charge >= 0.3 is 0 Å². The van der Waals surface area contributed by atoms with Gasteiger partial charge in [0, 0.05) is 49.8 Å². The Balaban J connectivity index is 1.15. The van der Waals surface area contributed by atoms with Crippen molar-refractivity contribution in [2.75, 3.05) is 29.0 Å². The molecule has 1 atom stereocenters. The van der Waals surface area contributed by atoms with E-state index in [1.807, 2.05) is 4.90 Å². The van der Waals surface area contributed by atoms with Gasteiger partial charge in [0.2, 0.25) is 11.8 Å². The quantitative estimate of drug-likeness (QED) is 0.322. The van der Waals surface area contributed by atoms with Gasteiger partial charge in [0.25, 0.3) is 11.5 Å². The number of anilines is 3. The lowest BCUT2D eigenvalue weighted by molar-refractivity contribution is -0.00684. The Kier molecular flexibility index (Phi) is 7.71. The zero-order valence-electron chi connectivity index (χ0n) is 23.2. The Morgan fingerprint density at radius 2 is 1.95 bits per heavy atom. The number of benzene rings is 1. The summed E-state index contributed by atoms with van der Waals surface area (Å²) in [5, 5.41) is 13.5. The van der Waals surface area contributed by atoms with E-state index in [4.69, 9.17) is 23.1 Å². The molecule has 1 aliphatic carbocycles. The number of amides is 1. The number of rotatable bonds is 5. The number of hydrogen-bond acceptors (Lipinski definition) is 10. The highest BCUT2D eigenvalue weighted by atomic mass is 35.5. The van der Waals surface area contributed by atoms with E-state index in [-0.39, 0.29) is 29.4 Å². The van der Waals surface area contributed by atoms with Crippen LogP contribution in [-0.2, 0) is 13.0 Å². The Morgan fingerprint density at radius 3 is 2.65 bits per heavy atom. The van der Waals surface area contributed by atoms with Gasteiger partial charge in [0.15, 0.2) is 11.4 Å². The van der Waals surface area contributed by atoms with E-state index in [0.29, 0.717) is 60.5 Å². The number of piperidine rings is 1. The zero-order valence-corrected chi connectivity index (χ0v) is 24.7. The Morgan fingerprint density at radius 1 is 1.19 bits per heavy atom. The van der Waals surface area contributed by atoms with Crippen LogP contribution in [-0.4, -0.2) is 55.6 Å². The van der Waals surface area contributed by atoms with Gasteiger partial charge in [-0.15, -0.1) is 0 Å². The van der Waals surface area contributed by atoms with E-state index in [2.05, 4.69) is 20.3 Å². The van der Waals surface area contributed by atoms with Crippen LogP contribution in [0, 0.1) is 5.41 Å². The number of carbonyl (C=O) groups excluding carboxylic acids is 1. The molecule has 6 N–H and O–H groups in total. The molecule has 1 saturated carbocycles. The molecule has 43 heavy (non-hydrogen) atoms. The summed E-state index contributed by atoms with van der Waals surface area (Å²) in [5.74, 6) is -2.99. The predicted molar refractivity (Wildman–Crippen MR) is 159 cm³/mol. The number of hydrogen-bond donors (Lipinski definition) is 4. The number of nitrogen functional groups attached to an aromatic ring is 1. The first kappa shape index (κ1) is 29.6. The highest BCUT2D eigenvalue weighted by Gasteiger charge is 2.55. The van der Waals surface area contributed by atoms with Gasteiger partial charge in [-0.1, -0.05) is 29.4 Å². The standard InChI is InChI=1S/C28H31ClF2N8O3S/c29-21-15(35-23(40)20-24(41)37-18-6-1-2-9-39(18)26(20)42)4-3-5-16(21)43-25-22(33)36-19(13-34-25)38-10-7-27(8-11-38)14-28(30,31)12-17(27)32/h3-5,13,17,41H,1-2,6-12,14,32H2,(H2,33,36)(H,35,40)/t17-/m1/s1. The van der Waals surface area contributed by atoms with Crippen LogP contribution < -0.4 is 27.2 Å². The van der Waals surface area contributed by atoms with Crippen molar-refractivity contribution >= 4 is 46.6 Å². The van der Waals surface area contributed by atoms with E-state index < -0.39 is 40.3 Å². The highest BCUT2D eigenvalue weighted by Crippen LogP contribution is 2.52. The van der Waals surface area contributed by atoms with Gasteiger partial charge in [-0.2, -0.15) is 4.98 Å². The summed E-state index contributed by atoms with van der Waals surface area (Å²) in [7, 11) is 0. The first-order valence-corrected chi connectivity index (χ1v) is 15.3. The maximum atomic E-state index is 14.0. The molecule has 1 amide bonds. The molecule has 2 aromatic heterocycles. The van der Waals surface area contributed by atoms with Crippen molar-refractivity contribution in [1.29, 1.82) is 0 Å². The van der Waals surface area contributed by atoms with E-state index in [1.165, 1.54) is 4.57 Å². The number of aromatic hydroxyl groups is 1. The molecule has 3 aromatic rings. The first-order chi connectivity index (χ1) is 20.5. The molecule has 0 unspecified atom stereocenters. The molecule has 0 radical (unpaired) electrons. The lowest BCUT2D eigenvalue weighted by atomic mass is 9.74. The summed E-state index contributed by atoms with van der Waals surface area (Å²) in [4.78, 5) is 41.5. The molecule has 1 saturated heterocycles. The van der Waals surface area contributed by atoms with Crippen LogP contribution in [0.3, 0.4) is 0 Å². The maximum absolute atomic E-state index is 14.0. The second-order valence-electron chi connectivity index (χ2n) is 11.4. The number of alkyl halides is 2. The average Bonchev–Trinajstić information content (AvgIpc) is 3.18. The van der Waals surface area contributed by atoms with Gasteiger partial charge < -0.3 is 26.8 Å².